The Morgan fingerprint density at radius 1 is 1.38 bits per heavy atom. The first-order chi connectivity index (χ1) is 7.43. The lowest BCUT2D eigenvalue weighted by Gasteiger charge is -2.03. The first kappa shape index (κ1) is 10.9. The van der Waals surface area contributed by atoms with Crippen molar-refractivity contribution >= 4 is 21.7 Å². The van der Waals surface area contributed by atoms with E-state index in [2.05, 4.69) is 0 Å². The topological polar surface area (TPSA) is 71.4 Å². The van der Waals surface area contributed by atoms with Gasteiger partial charge in [-0.25, -0.2) is 8.42 Å². The van der Waals surface area contributed by atoms with E-state index in [1.165, 1.54) is 19.1 Å². The SMILES string of the molecule is CC(=O)CC1=Cc2cccc(O)c2S1(=O)=O. The zero-order valence-corrected chi connectivity index (χ0v) is 9.41. The molecule has 0 saturated carbocycles. The normalized spacial score (nSPS) is 16.7. The largest absolute Gasteiger partial charge is 0.507 e. The number of hydrogen-bond acceptors (Lipinski definition) is 4. The van der Waals surface area contributed by atoms with Crippen molar-refractivity contribution in [3.63, 3.8) is 0 Å². The van der Waals surface area contributed by atoms with Crippen LogP contribution in [-0.2, 0) is 14.6 Å². The predicted octanol–water partition coefficient (Wildman–Crippen LogP) is 1.50. The van der Waals surface area contributed by atoms with Crippen LogP contribution in [0.25, 0.3) is 6.08 Å². The molecule has 0 fully saturated rings. The van der Waals surface area contributed by atoms with Gasteiger partial charge >= 0.3 is 0 Å². The van der Waals surface area contributed by atoms with E-state index < -0.39 is 9.84 Å². The summed E-state index contributed by atoms with van der Waals surface area (Å²) in [5, 5.41) is 9.52. The number of hydrogen-bond donors (Lipinski definition) is 1. The number of phenols is 1. The third kappa shape index (κ3) is 1.53. The fourth-order valence-electron chi connectivity index (χ4n) is 1.72. The molecule has 1 aromatic rings. The lowest BCUT2D eigenvalue weighted by atomic mass is 10.2. The molecule has 0 aliphatic carbocycles. The summed E-state index contributed by atoms with van der Waals surface area (Å²) < 4.78 is 23.9. The summed E-state index contributed by atoms with van der Waals surface area (Å²) in [7, 11) is -3.68. The molecule has 1 aliphatic rings. The van der Waals surface area contributed by atoms with Crippen molar-refractivity contribution in [3.8, 4) is 5.75 Å². The minimum atomic E-state index is -3.68. The Labute approximate surface area is 93.1 Å². The molecule has 1 aromatic carbocycles. The molecule has 0 atom stereocenters. The maximum absolute atomic E-state index is 12.0. The molecule has 4 nitrogen and oxygen atoms in total. The van der Waals surface area contributed by atoms with Gasteiger partial charge in [0, 0.05) is 6.42 Å². The van der Waals surface area contributed by atoms with Crippen LogP contribution >= 0.6 is 0 Å². The average molecular weight is 238 g/mol. The second-order valence-corrected chi connectivity index (χ2v) is 5.63. The van der Waals surface area contributed by atoms with E-state index in [9.17, 15) is 18.3 Å². The minimum absolute atomic E-state index is 0.0523. The van der Waals surface area contributed by atoms with Gasteiger partial charge in [0.25, 0.3) is 0 Å². The summed E-state index contributed by atoms with van der Waals surface area (Å²) in [6, 6.07) is 4.48. The van der Waals surface area contributed by atoms with Crippen LogP contribution in [0.5, 0.6) is 5.75 Å². The van der Waals surface area contributed by atoms with Crippen LogP contribution < -0.4 is 0 Å². The first-order valence-corrected chi connectivity index (χ1v) is 6.18. The smallest absolute Gasteiger partial charge is 0.207 e. The van der Waals surface area contributed by atoms with E-state index >= 15 is 0 Å². The van der Waals surface area contributed by atoms with Crippen LogP contribution in [-0.4, -0.2) is 19.3 Å². The molecule has 1 heterocycles. The number of Topliss-reactive ketones (excluding diaryl/α,β-unsaturated/α-hetero) is 1. The number of carbonyl (C=O) groups excluding carboxylic acids is 1. The predicted molar refractivity (Wildman–Crippen MR) is 58.6 cm³/mol. The van der Waals surface area contributed by atoms with Crippen LogP contribution in [0.4, 0.5) is 0 Å². The third-order valence-corrected chi connectivity index (χ3v) is 4.31. The average Bonchev–Trinajstić information content (AvgIpc) is 2.38. The molecule has 0 aromatic heterocycles. The van der Waals surface area contributed by atoms with Gasteiger partial charge in [0.15, 0.2) is 0 Å². The number of allylic oxidation sites excluding steroid dienone is 1. The number of carbonyl (C=O) groups is 1. The van der Waals surface area contributed by atoms with Gasteiger partial charge in [0.05, 0.1) is 4.91 Å². The van der Waals surface area contributed by atoms with Crippen LogP contribution in [0.15, 0.2) is 28.0 Å². The summed E-state index contributed by atoms with van der Waals surface area (Å²) in [6.45, 7) is 1.33. The quantitative estimate of drug-likeness (QED) is 0.847. The van der Waals surface area contributed by atoms with Gasteiger partial charge in [-0.1, -0.05) is 12.1 Å². The van der Waals surface area contributed by atoms with Gasteiger partial charge < -0.3 is 5.11 Å². The zero-order chi connectivity index (χ0) is 11.9. The fourth-order valence-corrected chi connectivity index (χ4v) is 3.44. The number of ketones is 1. The number of rotatable bonds is 2. The van der Waals surface area contributed by atoms with Crippen molar-refractivity contribution in [2.24, 2.45) is 0 Å². The number of benzene rings is 1. The zero-order valence-electron chi connectivity index (χ0n) is 8.60. The van der Waals surface area contributed by atoms with Crippen molar-refractivity contribution in [3.05, 3.63) is 28.7 Å². The molecule has 1 aliphatic heterocycles. The summed E-state index contributed by atoms with van der Waals surface area (Å²) >= 11 is 0. The molecule has 16 heavy (non-hydrogen) atoms. The molecule has 2 rings (SSSR count). The molecule has 1 N–H and O–H groups in total. The van der Waals surface area contributed by atoms with E-state index in [0.29, 0.717) is 5.56 Å². The molecule has 0 radical (unpaired) electrons. The molecule has 0 bridgehead atoms. The maximum atomic E-state index is 12.0. The molecule has 0 unspecified atom stereocenters. The molecule has 0 saturated heterocycles. The number of fused-ring (bicyclic) bond motifs is 1. The number of aromatic hydroxyl groups is 1. The Morgan fingerprint density at radius 3 is 2.62 bits per heavy atom. The summed E-state index contributed by atoms with van der Waals surface area (Å²) in [5.41, 5.74) is 0.441. The standard InChI is InChI=1S/C11H10O4S/c1-7(12)5-9-6-8-3-2-4-10(13)11(8)16(9,14)15/h2-4,6,13H,5H2,1H3. The molecule has 0 amide bonds. The highest BCUT2D eigenvalue weighted by Gasteiger charge is 2.32. The highest BCUT2D eigenvalue weighted by Crippen LogP contribution is 2.39. The fraction of sp³-hybridized carbons (Fsp3) is 0.182. The van der Waals surface area contributed by atoms with E-state index in [0.717, 1.165) is 0 Å². The lowest BCUT2D eigenvalue weighted by Crippen LogP contribution is -2.04. The molecule has 0 spiro atoms. The van der Waals surface area contributed by atoms with Crippen LogP contribution in [0.1, 0.15) is 18.9 Å². The molecular weight excluding hydrogens is 228 g/mol. The Hall–Kier alpha value is -1.62. The third-order valence-electron chi connectivity index (χ3n) is 2.38. The van der Waals surface area contributed by atoms with Crippen molar-refractivity contribution in [2.75, 3.05) is 0 Å². The Morgan fingerprint density at radius 2 is 2.06 bits per heavy atom. The van der Waals surface area contributed by atoms with E-state index in [4.69, 9.17) is 0 Å². The highest BCUT2D eigenvalue weighted by atomic mass is 32.2. The van der Waals surface area contributed by atoms with Crippen LogP contribution in [0.2, 0.25) is 0 Å². The second kappa shape index (κ2) is 3.45. The van der Waals surface area contributed by atoms with Gasteiger partial charge in [-0.3, -0.25) is 4.79 Å². The molecule has 84 valence electrons. The van der Waals surface area contributed by atoms with Crippen molar-refractivity contribution in [1.29, 1.82) is 0 Å². The Balaban J connectivity index is 2.61. The molecule has 5 heteroatoms. The summed E-state index contributed by atoms with van der Waals surface area (Å²) in [4.78, 5) is 10.9. The highest BCUT2D eigenvalue weighted by molar-refractivity contribution is 7.96. The van der Waals surface area contributed by atoms with Gasteiger partial charge in [0.2, 0.25) is 9.84 Å². The first-order valence-electron chi connectivity index (χ1n) is 4.70. The van der Waals surface area contributed by atoms with E-state index in [-0.39, 0.29) is 27.8 Å². The van der Waals surface area contributed by atoms with Gasteiger partial charge in [-0.15, -0.1) is 0 Å². The lowest BCUT2D eigenvalue weighted by molar-refractivity contribution is -0.116. The van der Waals surface area contributed by atoms with E-state index in [1.54, 1.807) is 12.1 Å². The van der Waals surface area contributed by atoms with Crippen LogP contribution in [0, 0.1) is 0 Å². The van der Waals surface area contributed by atoms with Crippen molar-refractivity contribution in [2.45, 2.75) is 18.2 Å². The maximum Gasteiger partial charge on any atom is 0.207 e. The van der Waals surface area contributed by atoms with Gasteiger partial charge in [-0.05, 0) is 24.6 Å². The van der Waals surface area contributed by atoms with E-state index in [1.807, 2.05) is 0 Å². The van der Waals surface area contributed by atoms with Crippen molar-refractivity contribution < 1.29 is 18.3 Å². The minimum Gasteiger partial charge on any atom is -0.507 e. The van der Waals surface area contributed by atoms with Crippen molar-refractivity contribution in [1.82, 2.24) is 0 Å². The van der Waals surface area contributed by atoms with Gasteiger partial charge in [-0.2, -0.15) is 0 Å². The second-order valence-electron chi connectivity index (χ2n) is 3.69. The Bertz CT molecular complexity index is 596. The Kier molecular flexibility index (Phi) is 2.35. The number of phenolic OH excluding ortho intramolecular Hbond substituents is 1. The molecular formula is C11H10O4S. The van der Waals surface area contributed by atoms with Crippen LogP contribution in [0.3, 0.4) is 0 Å². The summed E-state index contributed by atoms with van der Waals surface area (Å²) in [6.07, 6.45) is 1.31. The monoisotopic (exact) mass is 238 g/mol. The van der Waals surface area contributed by atoms with Gasteiger partial charge in [0.1, 0.15) is 16.4 Å². The summed E-state index contributed by atoms with van der Waals surface area (Å²) in [5.74, 6) is -0.491. The number of sulfone groups is 1.